The molecule has 9 heteroatoms. The zero-order valence-electron chi connectivity index (χ0n) is 20.3. The van der Waals surface area contributed by atoms with Crippen LogP contribution in [0.4, 0.5) is 0 Å². The van der Waals surface area contributed by atoms with Gasteiger partial charge < -0.3 is 21.3 Å². The maximum atomic E-state index is 13.8. The van der Waals surface area contributed by atoms with E-state index in [0.29, 0.717) is 18.7 Å². The topological polar surface area (TPSA) is 164 Å². The van der Waals surface area contributed by atoms with Crippen molar-refractivity contribution in [3.05, 3.63) is 64.7 Å². The van der Waals surface area contributed by atoms with Crippen molar-refractivity contribution >= 4 is 29.0 Å². The van der Waals surface area contributed by atoms with Crippen LogP contribution in [0.5, 0.6) is 5.75 Å². The van der Waals surface area contributed by atoms with Crippen molar-refractivity contribution in [1.29, 1.82) is 0 Å². The van der Waals surface area contributed by atoms with Gasteiger partial charge in [0.25, 0.3) is 0 Å². The molecular weight excluding hydrogens is 476 g/mol. The van der Waals surface area contributed by atoms with E-state index in [-0.39, 0.29) is 30.6 Å². The quantitative estimate of drug-likeness (QED) is 0.438. The van der Waals surface area contributed by atoms with E-state index in [1.807, 2.05) is 30.3 Å². The highest BCUT2D eigenvalue weighted by atomic mass is 16.3. The minimum atomic E-state index is -2.66. The van der Waals surface area contributed by atoms with E-state index in [1.165, 1.54) is 6.07 Å². The summed E-state index contributed by atoms with van der Waals surface area (Å²) in [5.41, 5.74) is 4.04. The molecule has 2 fully saturated rings. The third kappa shape index (κ3) is 3.72. The lowest BCUT2D eigenvalue weighted by Gasteiger charge is -2.53. The van der Waals surface area contributed by atoms with Gasteiger partial charge in [-0.15, -0.1) is 0 Å². The molecule has 1 amide bonds. The number of hydrogen-bond donors (Lipinski definition) is 4. The maximum absolute atomic E-state index is 13.8. The summed E-state index contributed by atoms with van der Waals surface area (Å²) in [6.45, 7) is 2.73. The Morgan fingerprint density at radius 2 is 1.76 bits per heavy atom. The van der Waals surface area contributed by atoms with Gasteiger partial charge in [-0.2, -0.15) is 0 Å². The number of aromatic hydroxyl groups is 1. The molecule has 2 unspecified atom stereocenters. The molecular formula is C28H28N2O7. The van der Waals surface area contributed by atoms with Crippen molar-refractivity contribution in [1.82, 2.24) is 5.32 Å². The molecule has 2 aromatic carbocycles. The predicted octanol–water partition coefficient (Wildman–Crippen LogP) is 1.01. The van der Waals surface area contributed by atoms with E-state index >= 15 is 0 Å². The predicted molar refractivity (Wildman–Crippen MR) is 130 cm³/mol. The van der Waals surface area contributed by atoms with Crippen LogP contribution in [0.2, 0.25) is 0 Å². The SMILES string of the molecule is C[C@@]12Cc3c(CNCc4ccccc4)ccc(O)c3C(=O)C1C(=O)[C@]1(O)C(=O)C(C(N)=O)C(=O)C[C@@H]1C2. The van der Waals surface area contributed by atoms with Gasteiger partial charge in [-0.05, 0) is 41.0 Å². The molecule has 9 nitrogen and oxygen atoms in total. The van der Waals surface area contributed by atoms with E-state index in [4.69, 9.17) is 5.73 Å². The second-order valence-corrected chi connectivity index (χ2v) is 10.7. The minimum Gasteiger partial charge on any atom is -0.507 e. The number of nitrogens with two attached hydrogens (primary N) is 1. The molecule has 0 aliphatic heterocycles. The zero-order valence-corrected chi connectivity index (χ0v) is 20.3. The maximum Gasteiger partial charge on any atom is 0.235 e. The number of amides is 1. The number of phenols is 1. The van der Waals surface area contributed by atoms with E-state index in [2.05, 4.69) is 5.32 Å². The Morgan fingerprint density at radius 3 is 2.43 bits per heavy atom. The number of nitrogens with one attached hydrogen (secondary N) is 1. The fraction of sp³-hybridized carbons (Fsp3) is 0.393. The number of aliphatic hydroxyl groups is 1. The second kappa shape index (κ2) is 8.71. The largest absolute Gasteiger partial charge is 0.507 e. The molecule has 2 aromatic rings. The van der Waals surface area contributed by atoms with Crippen LogP contribution in [0.25, 0.3) is 0 Å². The highest BCUT2D eigenvalue weighted by Gasteiger charge is 2.68. The molecule has 5 N–H and O–H groups in total. The second-order valence-electron chi connectivity index (χ2n) is 10.7. The lowest BCUT2D eigenvalue weighted by atomic mass is 9.48. The summed E-state index contributed by atoms with van der Waals surface area (Å²) in [7, 11) is 0. The van der Waals surface area contributed by atoms with E-state index in [9.17, 15) is 34.2 Å². The van der Waals surface area contributed by atoms with Crippen LogP contribution in [0.1, 0.15) is 46.8 Å². The highest BCUT2D eigenvalue weighted by molar-refractivity contribution is 6.31. The normalized spacial score (nSPS) is 30.9. The first-order valence-corrected chi connectivity index (χ1v) is 12.2. The number of Topliss-reactive ketones (excluding diaryl/α,β-unsaturated/α-hetero) is 4. The average molecular weight is 505 g/mol. The van der Waals surface area contributed by atoms with Gasteiger partial charge in [0, 0.05) is 25.4 Å². The van der Waals surface area contributed by atoms with Crippen LogP contribution < -0.4 is 11.1 Å². The van der Waals surface area contributed by atoms with E-state index in [1.54, 1.807) is 13.0 Å². The monoisotopic (exact) mass is 504 g/mol. The fourth-order valence-electron chi connectivity index (χ4n) is 6.54. The van der Waals surface area contributed by atoms with Crippen molar-refractivity contribution in [2.24, 2.45) is 28.9 Å². The number of phenolic OH excluding ortho intramolecular Hbond substituents is 1. The molecule has 0 heterocycles. The Hall–Kier alpha value is -3.69. The Morgan fingerprint density at radius 1 is 1.05 bits per heavy atom. The van der Waals surface area contributed by atoms with Crippen molar-refractivity contribution in [2.75, 3.05) is 0 Å². The summed E-state index contributed by atoms with van der Waals surface area (Å²) in [5.74, 6) is -9.60. The molecule has 5 atom stereocenters. The van der Waals surface area contributed by atoms with Gasteiger partial charge in [0.1, 0.15) is 5.75 Å². The van der Waals surface area contributed by atoms with Crippen molar-refractivity contribution in [2.45, 2.75) is 44.9 Å². The lowest BCUT2D eigenvalue weighted by Crippen LogP contribution is -2.70. The summed E-state index contributed by atoms with van der Waals surface area (Å²) < 4.78 is 0. The highest BCUT2D eigenvalue weighted by Crippen LogP contribution is 2.56. The van der Waals surface area contributed by atoms with Gasteiger partial charge in [-0.3, -0.25) is 24.0 Å². The number of ketones is 4. The fourth-order valence-corrected chi connectivity index (χ4v) is 6.54. The molecule has 0 spiro atoms. The molecule has 0 aromatic heterocycles. The van der Waals surface area contributed by atoms with Crippen molar-refractivity contribution in [3.63, 3.8) is 0 Å². The zero-order chi connectivity index (χ0) is 26.7. The smallest absolute Gasteiger partial charge is 0.235 e. The van der Waals surface area contributed by atoms with Crippen molar-refractivity contribution in [3.8, 4) is 5.75 Å². The van der Waals surface area contributed by atoms with Gasteiger partial charge in [0.2, 0.25) is 5.91 Å². The van der Waals surface area contributed by atoms with Crippen LogP contribution in [-0.2, 0) is 38.7 Å². The molecule has 5 rings (SSSR count). The molecule has 0 saturated heterocycles. The Bertz CT molecular complexity index is 1350. The first kappa shape index (κ1) is 25.0. The number of fused-ring (bicyclic) bond motifs is 3. The molecule has 3 aliphatic carbocycles. The van der Waals surface area contributed by atoms with Crippen LogP contribution in [0.3, 0.4) is 0 Å². The van der Waals surface area contributed by atoms with Crippen molar-refractivity contribution < 1.29 is 34.2 Å². The minimum absolute atomic E-state index is 0.00247. The lowest BCUT2D eigenvalue weighted by molar-refractivity contribution is -0.179. The molecule has 2 saturated carbocycles. The first-order valence-electron chi connectivity index (χ1n) is 12.2. The van der Waals surface area contributed by atoms with Crippen LogP contribution >= 0.6 is 0 Å². The Kier molecular flexibility index (Phi) is 5.88. The van der Waals surface area contributed by atoms with Gasteiger partial charge in [0.05, 0.1) is 11.5 Å². The molecule has 37 heavy (non-hydrogen) atoms. The summed E-state index contributed by atoms with van der Waals surface area (Å²) in [6.07, 6.45) is -0.0908. The third-order valence-electron chi connectivity index (χ3n) is 8.29. The number of hydrogen-bond acceptors (Lipinski definition) is 8. The molecule has 0 bridgehead atoms. The summed E-state index contributed by atoms with van der Waals surface area (Å²) in [6, 6.07) is 12.9. The Balaban J connectivity index is 1.51. The van der Waals surface area contributed by atoms with Crippen LogP contribution in [0.15, 0.2) is 42.5 Å². The molecule has 0 radical (unpaired) electrons. The number of benzene rings is 2. The van der Waals surface area contributed by atoms with Gasteiger partial charge >= 0.3 is 0 Å². The number of rotatable bonds is 5. The van der Waals surface area contributed by atoms with E-state index < -0.39 is 57.8 Å². The van der Waals surface area contributed by atoms with Gasteiger partial charge in [0.15, 0.2) is 34.7 Å². The van der Waals surface area contributed by atoms with Crippen LogP contribution in [0, 0.1) is 23.2 Å². The number of carbonyl (C=O) groups is 5. The average Bonchev–Trinajstić information content (AvgIpc) is 2.83. The summed E-state index contributed by atoms with van der Waals surface area (Å²) >= 11 is 0. The molecule has 192 valence electrons. The van der Waals surface area contributed by atoms with Crippen LogP contribution in [-0.4, -0.2) is 44.9 Å². The van der Waals surface area contributed by atoms with Gasteiger partial charge in [-0.25, -0.2) is 0 Å². The third-order valence-corrected chi connectivity index (χ3v) is 8.29. The molecule has 3 aliphatic rings. The standard InChI is InChI=1S/C28H28N2O7/c1-27-10-16-9-19(32)21(26(29)36)24(34)28(16,37)25(35)22(27)23(33)20-17(11-27)15(7-8-18(20)31)13-30-12-14-5-3-2-4-6-14/h2-8,16,21-22,30-31,37H,9-13H2,1H3,(H2,29,36)/t16-,21?,22?,27-,28-/m1/s1. The summed E-state index contributed by atoms with van der Waals surface area (Å²) in [5, 5.41) is 25.3. The van der Waals surface area contributed by atoms with E-state index in [0.717, 1.165) is 11.1 Å². The number of primary amides is 1. The Labute approximate surface area is 213 Å². The van der Waals surface area contributed by atoms with Gasteiger partial charge in [-0.1, -0.05) is 43.3 Å². The summed E-state index contributed by atoms with van der Waals surface area (Å²) in [4.78, 5) is 64.9. The number of carbonyl (C=O) groups excluding carboxylic acids is 5. The first-order chi connectivity index (χ1) is 17.5.